The second-order valence-electron chi connectivity index (χ2n) is 9.23. The van der Waals surface area contributed by atoms with Crippen molar-refractivity contribution < 1.29 is 9.59 Å². The fourth-order valence-corrected chi connectivity index (χ4v) is 4.86. The Morgan fingerprint density at radius 3 is 2.46 bits per heavy atom. The molecule has 1 amide bonds. The van der Waals surface area contributed by atoms with Crippen LogP contribution in [-0.4, -0.2) is 39.2 Å². The SMILES string of the molecule is Cc1ccccc1C(=O)c1c[nH]c2ncnc(NCC3CCC(NC(=O)c4ccccc4)CC3)c12. The maximum Gasteiger partial charge on any atom is 0.251 e. The zero-order valence-electron chi connectivity index (χ0n) is 19.8. The van der Waals surface area contributed by atoms with Crippen LogP contribution in [0.1, 0.15) is 57.5 Å². The summed E-state index contributed by atoms with van der Waals surface area (Å²) in [6.07, 6.45) is 7.17. The lowest BCUT2D eigenvalue weighted by atomic mass is 9.86. The van der Waals surface area contributed by atoms with Gasteiger partial charge in [0.25, 0.3) is 5.91 Å². The summed E-state index contributed by atoms with van der Waals surface area (Å²) in [6, 6.07) is 17.2. The summed E-state index contributed by atoms with van der Waals surface area (Å²) in [5.74, 6) is 1.10. The predicted octanol–water partition coefficient (Wildman–Crippen LogP) is 4.90. The minimum atomic E-state index is -0.0399. The number of nitrogens with zero attached hydrogens (tertiary/aromatic N) is 2. The molecule has 1 saturated carbocycles. The number of aromatic nitrogens is 3. The zero-order chi connectivity index (χ0) is 24.2. The number of hydrogen-bond acceptors (Lipinski definition) is 5. The fourth-order valence-electron chi connectivity index (χ4n) is 4.86. The van der Waals surface area contributed by atoms with Crippen molar-refractivity contribution in [3.8, 4) is 0 Å². The molecule has 5 rings (SSSR count). The van der Waals surface area contributed by atoms with E-state index in [0.717, 1.165) is 43.2 Å². The van der Waals surface area contributed by atoms with Gasteiger partial charge in [0.05, 0.1) is 10.9 Å². The van der Waals surface area contributed by atoms with Crippen molar-refractivity contribution in [2.45, 2.75) is 38.6 Å². The number of aryl methyl sites for hydroxylation is 1. The molecule has 2 aromatic carbocycles. The van der Waals surface area contributed by atoms with Gasteiger partial charge in [0.2, 0.25) is 0 Å². The molecular formula is C28H29N5O2. The van der Waals surface area contributed by atoms with E-state index in [-0.39, 0.29) is 17.7 Å². The van der Waals surface area contributed by atoms with E-state index in [1.54, 1.807) is 6.20 Å². The Hall–Kier alpha value is -4.00. The van der Waals surface area contributed by atoms with Crippen LogP contribution in [0.15, 0.2) is 67.1 Å². The number of rotatable bonds is 7. The quantitative estimate of drug-likeness (QED) is 0.336. The average Bonchev–Trinajstić information content (AvgIpc) is 3.34. The molecule has 7 nitrogen and oxygen atoms in total. The molecule has 3 N–H and O–H groups in total. The third-order valence-electron chi connectivity index (χ3n) is 6.88. The highest BCUT2D eigenvalue weighted by atomic mass is 16.1. The third kappa shape index (κ3) is 4.94. The van der Waals surface area contributed by atoms with Gasteiger partial charge in [0.1, 0.15) is 17.8 Å². The normalized spacial score (nSPS) is 17.7. The first-order valence-electron chi connectivity index (χ1n) is 12.1. The largest absolute Gasteiger partial charge is 0.369 e. The summed E-state index contributed by atoms with van der Waals surface area (Å²) in [6.45, 7) is 2.70. The Labute approximate surface area is 204 Å². The Morgan fingerprint density at radius 2 is 1.69 bits per heavy atom. The predicted molar refractivity (Wildman–Crippen MR) is 137 cm³/mol. The van der Waals surface area contributed by atoms with Gasteiger partial charge in [-0.25, -0.2) is 9.97 Å². The number of ketones is 1. The molecule has 35 heavy (non-hydrogen) atoms. The molecule has 7 heteroatoms. The molecular weight excluding hydrogens is 438 g/mol. The highest BCUT2D eigenvalue weighted by Crippen LogP contribution is 2.29. The first kappa shape index (κ1) is 22.8. The Balaban J connectivity index is 1.23. The first-order chi connectivity index (χ1) is 17.1. The van der Waals surface area contributed by atoms with E-state index in [9.17, 15) is 9.59 Å². The van der Waals surface area contributed by atoms with E-state index >= 15 is 0 Å². The lowest BCUT2D eigenvalue weighted by Crippen LogP contribution is -2.38. The average molecular weight is 468 g/mol. The number of aromatic amines is 1. The number of anilines is 1. The molecule has 0 spiro atoms. The van der Waals surface area contributed by atoms with Crippen molar-refractivity contribution in [3.63, 3.8) is 0 Å². The number of fused-ring (bicyclic) bond motifs is 1. The summed E-state index contributed by atoms with van der Waals surface area (Å²) in [7, 11) is 0. The fraction of sp³-hybridized carbons (Fsp3) is 0.286. The van der Waals surface area contributed by atoms with Crippen LogP contribution < -0.4 is 10.6 Å². The van der Waals surface area contributed by atoms with E-state index in [1.165, 1.54) is 6.33 Å². The summed E-state index contributed by atoms with van der Waals surface area (Å²) in [4.78, 5) is 37.6. The minimum absolute atomic E-state index is 0.00569. The summed E-state index contributed by atoms with van der Waals surface area (Å²) in [5, 5.41) is 7.37. The molecule has 2 heterocycles. The Bertz CT molecular complexity index is 1340. The van der Waals surface area contributed by atoms with Gasteiger partial charge in [0.15, 0.2) is 5.78 Å². The highest BCUT2D eigenvalue weighted by molar-refractivity contribution is 6.18. The molecule has 1 aliphatic rings. The van der Waals surface area contributed by atoms with Gasteiger partial charge in [-0.2, -0.15) is 0 Å². The maximum atomic E-state index is 13.3. The number of carbonyl (C=O) groups excluding carboxylic acids is 2. The van der Waals surface area contributed by atoms with Crippen LogP contribution in [0.4, 0.5) is 5.82 Å². The van der Waals surface area contributed by atoms with Gasteiger partial charge >= 0.3 is 0 Å². The smallest absolute Gasteiger partial charge is 0.251 e. The van der Waals surface area contributed by atoms with Gasteiger partial charge < -0.3 is 15.6 Å². The van der Waals surface area contributed by atoms with Crippen molar-refractivity contribution in [3.05, 3.63) is 89.4 Å². The van der Waals surface area contributed by atoms with Gasteiger partial charge in [0, 0.05) is 29.9 Å². The summed E-state index contributed by atoms with van der Waals surface area (Å²) in [5.41, 5.74) is 3.54. The number of H-pyrrole nitrogens is 1. The van der Waals surface area contributed by atoms with Crippen molar-refractivity contribution in [1.82, 2.24) is 20.3 Å². The standard InChI is InChI=1S/C28H29N5O2/c1-18-7-5-6-10-22(18)25(34)23-16-30-27-24(23)26(31-17-32-27)29-15-19-11-13-21(14-12-19)33-28(35)20-8-3-2-4-9-20/h2-10,16-17,19,21H,11-15H2,1H3,(H,33,35)(H2,29,30,31,32). The van der Waals surface area contributed by atoms with E-state index in [2.05, 4.69) is 25.6 Å². The number of hydrogen-bond donors (Lipinski definition) is 3. The molecule has 0 bridgehead atoms. The molecule has 0 atom stereocenters. The van der Waals surface area contributed by atoms with Crippen molar-refractivity contribution in [2.24, 2.45) is 5.92 Å². The number of amides is 1. The summed E-state index contributed by atoms with van der Waals surface area (Å²) >= 11 is 0. The molecule has 1 aliphatic carbocycles. The van der Waals surface area contributed by atoms with Crippen LogP contribution in [-0.2, 0) is 0 Å². The van der Waals surface area contributed by atoms with Gasteiger partial charge in [-0.1, -0.05) is 42.5 Å². The monoisotopic (exact) mass is 467 g/mol. The Morgan fingerprint density at radius 1 is 0.943 bits per heavy atom. The minimum Gasteiger partial charge on any atom is -0.369 e. The van der Waals surface area contributed by atoms with Crippen LogP contribution in [0.25, 0.3) is 11.0 Å². The van der Waals surface area contributed by atoms with Crippen molar-refractivity contribution in [2.75, 3.05) is 11.9 Å². The Kier molecular flexibility index (Phi) is 6.57. The van der Waals surface area contributed by atoms with Crippen molar-refractivity contribution >= 4 is 28.5 Å². The lowest BCUT2D eigenvalue weighted by Gasteiger charge is -2.29. The topological polar surface area (TPSA) is 99.8 Å². The van der Waals surface area contributed by atoms with Gasteiger partial charge in [-0.3, -0.25) is 9.59 Å². The van der Waals surface area contributed by atoms with Gasteiger partial charge in [-0.05, 0) is 56.2 Å². The molecule has 0 aliphatic heterocycles. The maximum absolute atomic E-state index is 13.3. The van der Waals surface area contributed by atoms with Crippen LogP contribution in [0.2, 0.25) is 0 Å². The van der Waals surface area contributed by atoms with E-state index in [1.807, 2.05) is 61.5 Å². The van der Waals surface area contributed by atoms with E-state index in [0.29, 0.717) is 34.1 Å². The van der Waals surface area contributed by atoms with Crippen LogP contribution in [0.5, 0.6) is 0 Å². The van der Waals surface area contributed by atoms with Crippen molar-refractivity contribution in [1.29, 1.82) is 0 Å². The second-order valence-corrected chi connectivity index (χ2v) is 9.23. The van der Waals surface area contributed by atoms with Gasteiger partial charge in [-0.15, -0.1) is 0 Å². The molecule has 0 saturated heterocycles. The summed E-state index contributed by atoms with van der Waals surface area (Å²) < 4.78 is 0. The van der Waals surface area contributed by atoms with Crippen LogP contribution >= 0.6 is 0 Å². The third-order valence-corrected chi connectivity index (χ3v) is 6.88. The first-order valence-corrected chi connectivity index (χ1v) is 12.1. The number of nitrogens with one attached hydrogen (secondary N) is 3. The van der Waals surface area contributed by atoms with E-state index in [4.69, 9.17) is 0 Å². The van der Waals surface area contributed by atoms with Crippen LogP contribution in [0.3, 0.4) is 0 Å². The number of carbonyl (C=O) groups is 2. The molecule has 0 radical (unpaired) electrons. The highest BCUT2D eigenvalue weighted by Gasteiger charge is 2.24. The lowest BCUT2D eigenvalue weighted by molar-refractivity contribution is 0.0922. The molecule has 4 aromatic rings. The molecule has 1 fully saturated rings. The van der Waals surface area contributed by atoms with E-state index < -0.39 is 0 Å². The molecule has 2 aromatic heterocycles. The number of benzene rings is 2. The van der Waals surface area contributed by atoms with Crippen LogP contribution in [0, 0.1) is 12.8 Å². The second kappa shape index (κ2) is 10.1. The molecule has 178 valence electrons. The molecule has 0 unspecified atom stereocenters. The zero-order valence-corrected chi connectivity index (χ0v) is 19.8.